The van der Waals surface area contributed by atoms with Gasteiger partial charge in [0.2, 0.25) is 5.91 Å². The summed E-state index contributed by atoms with van der Waals surface area (Å²) in [6.07, 6.45) is 3.90. The number of aromatic nitrogens is 1. The molecule has 0 aliphatic carbocycles. The standard InChI is InChI=1S/C23H24N2O3/c1-17-5-2-3-7-22(17)27-16-19-10-8-18(9-11-19)15-23(26)25-13-4-6-21(25)20-12-14-28-24-20/h2-3,5,7-12,14,21H,4,6,13,15-16H2,1H3. The molecule has 5 heteroatoms. The van der Waals surface area contributed by atoms with Crippen LogP contribution in [0.3, 0.4) is 0 Å². The number of nitrogens with zero attached hydrogens (tertiary/aromatic N) is 2. The smallest absolute Gasteiger partial charge is 0.227 e. The first-order valence-electron chi connectivity index (χ1n) is 9.67. The summed E-state index contributed by atoms with van der Waals surface area (Å²) in [4.78, 5) is 14.7. The van der Waals surface area contributed by atoms with Gasteiger partial charge >= 0.3 is 0 Å². The van der Waals surface area contributed by atoms with Gasteiger partial charge in [-0.2, -0.15) is 0 Å². The summed E-state index contributed by atoms with van der Waals surface area (Å²) in [5, 5.41) is 4.02. The zero-order valence-corrected chi connectivity index (χ0v) is 16.0. The molecule has 1 aliphatic heterocycles. The van der Waals surface area contributed by atoms with Crippen LogP contribution in [0.5, 0.6) is 5.75 Å². The van der Waals surface area contributed by atoms with E-state index < -0.39 is 0 Å². The number of benzene rings is 2. The molecule has 0 radical (unpaired) electrons. The first-order valence-corrected chi connectivity index (χ1v) is 9.67. The Balaban J connectivity index is 1.35. The van der Waals surface area contributed by atoms with Crippen LogP contribution in [0.4, 0.5) is 0 Å². The highest BCUT2D eigenvalue weighted by atomic mass is 16.5. The molecule has 0 spiro atoms. The van der Waals surface area contributed by atoms with Gasteiger partial charge in [-0.15, -0.1) is 0 Å². The summed E-state index contributed by atoms with van der Waals surface area (Å²) in [7, 11) is 0. The Morgan fingerprint density at radius 3 is 2.68 bits per heavy atom. The summed E-state index contributed by atoms with van der Waals surface area (Å²) < 4.78 is 10.8. The van der Waals surface area contributed by atoms with Crippen molar-refractivity contribution < 1.29 is 14.1 Å². The third kappa shape index (κ3) is 4.09. The number of carbonyl (C=O) groups excluding carboxylic acids is 1. The highest BCUT2D eigenvalue weighted by Gasteiger charge is 2.31. The Morgan fingerprint density at radius 1 is 1.14 bits per heavy atom. The van der Waals surface area contributed by atoms with Crippen LogP contribution in [0.15, 0.2) is 65.4 Å². The van der Waals surface area contributed by atoms with E-state index in [-0.39, 0.29) is 11.9 Å². The maximum Gasteiger partial charge on any atom is 0.227 e. The molecule has 3 aromatic rings. The van der Waals surface area contributed by atoms with Crippen LogP contribution in [0.1, 0.15) is 41.3 Å². The normalized spacial score (nSPS) is 16.3. The van der Waals surface area contributed by atoms with E-state index in [2.05, 4.69) is 5.16 Å². The Hall–Kier alpha value is -3.08. The molecule has 1 amide bonds. The molecule has 1 aliphatic rings. The second-order valence-electron chi connectivity index (χ2n) is 7.22. The van der Waals surface area contributed by atoms with E-state index >= 15 is 0 Å². The lowest BCUT2D eigenvalue weighted by Gasteiger charge is -2.23. The molecule has 0 N–H and O–H groups in total. The van der Waals surface area contributed by atoms with Crippen LogP contribution >= 0.6 is 0 Å². The minimum Gasteiger partial charge on any atom is -0.489 e. The number of hydrogen-bond acceptors (Lipinski definition) is 4. The molecule has 2 heterocycles. The lowest BCUT2D eigenvalue weighted by Crippen LogP contribution is -2.32. The lowest BCUT2D eigenvalue weighted by molar-refractivity contribution is -0.131. The van der Waals surface area contributed by atoms with Crippen LogP contribution in [-0.2, 0) is 17.8 Å². The van der Waals surface area contributed by atoms with Crippen molar-refractivity contribution in [2.24, 2.45) is 0 Å². The second-order valence-corrected chi connectivity index (χ2v) is 7.22. The van der Waals surface area contributed by atoms with Gasteiger partial charge in [0, 0.05) is 12.6 Å². The lowest BCUT2D eigenvalue weighted by atomic mass is 10.1. The molecule has 5 nitrogen and oxygen atoms in total. The van der Waals surface area contributed by atoms with Crippen molar-refractivity contribution in [2.45, 2.75) is 38.8 Å². The Morgan fingerprint density at radius 2 is 1.93 bits per heavy atom. The molecule has 2 aromatic carbocycles. The van der Waals surface area contributed by atoms with E-state index in [0.717, 1.165) is 47.5 Å². The number of amides is 1. The molecule has 144 valence electrons. The number of rotatable bonds is 6. The van der Waals surface area contributed by atoms with E-state index in [1.807, 2.05) is 66.4 Å². The van der Waals surface area contributed by atoms with Crippen molar-refractivity contribution in [1.29, 1.82) is 0 Å². The highest BCUT2D eigenvalue weighted by Crippen LogP contribution is 2.31. The number of para-hydroxylation sites is 1. The summed E-state index contributed by atoms with van der Waals surface area (Å²) in [5.41, 5.74) is 4.06. The van der Waals surface area contributed by atoms with Gasteiger partial charge < -0.3 is 14.2 Å². The van der Waals surface area contributed by atoms with Crippen LogP contribution in [-0.4, -0.2) is 22.5 Å². The van der Waals surface area contributed by atoms with Crippen molar-refractivity contribution in [2.75, 3.05) is 6.54 Å². The molecule has 4 rings (SSSR count). The Labute approximate surface area is 164 Å². The zero-order chi connectivity index (χ0) is 19.3. The van der Waals surface area contributed by atoms with Crippen LogP contribution in [0, 0.1) is 6.92 Å². The van der Waals surface area contributed by atoms with Crippen LogP contribution in [0.2, 0.25) is 0 Å². The van der Waals surface area contributed by atoms with Crippen molar-refractivity contribution >= 4 is 5.91 Å². The van der Waals surface area contributed by atoms with Gasteiger partial charge in [0.15, 0.2) is 0 Å². The number of carbonyl (C=O) groups is 1. The van der Waals surface area contributed by atoms with Crippen molar-refractivity contribution in [1.82, 2.24) is 10.1 Å². The SMILES string of the molecule is Cc1ccccc1OCc1ccc(CC(=O)N2CCCC2c2ccon2)cc1. The van der Waals surface area contributed by atoms with Crippen LogP contribution in [0.25, 0.3) is 0 Å². The molecule has 0 bridgehead atoms. The summed E-state index contributed by atoms with van der Waals surface area (Å²) in [5.74, 6) is 1.03. The van der Waals surface area contributed by atoms with Gasteiger partial charge in [-0.3, -0.25) is 4.79 Å². The third-order valence-electron chi connectivity index (χ3n) is 5.24. The average molecular weight is 376 g/mol. The van der Waals surface area contributed by atoms with E-state index in [1.165, 1.54) is 0 Å². The molecule has 1 unspecified atom stereocenters. The zero-order valence-electron chi connectivity index (χ0n) is 16.0. The fourth-order valence-electron chi connectivity index (χ4n) is 3.68. The summed E-state index contributed by atoms with van der Waals surface area (Å²) in [6.45, 7) is 3.33. The molecule has 1 aromatic heterocycles. The maximum atomic E-state index is 12.8. The Kier molecular flexibility index (Phi) is 5.42. The number of aryl methyl sites for hydroxylation is 1. The third-order valence-corrected chi connectivity index (χ3v) is 5.24. The molecule has 1 saturated heterocycles. The van der Waals surface area contributed by atoms with Gasteiger partial charge in [0.1, 0.15) is 24.3 Å². The van der Waals surface area contributed by atoms with Gasteiger partial charge in [0.05, 0.1) is 12.5 Å². The Bertz CT molecular complexity index is 919. The van der Waals surface area contributed by atoms with E-state index in [4.69, 9.17) is 9.26 Å². The first-order chi connectivity index (χ1) is 13.7. The van der Waals surface area contributed by atoms with Gasteiger partial charge in [-0.25, -0.2) is 0 Å². The fraction of sp³-hybridized carbons (Fsp3) is 0.304. The molecule has 1 atom stereocenters. The average Bonchev–Trinajstić information content (AvgIpc) is 3.40. The first kappa shape index (κ1) is 18.3. The van der Waals surface area contributed by atoms with E-state index in [1.54, 1.807) is 6.26 Å². The molecular formula is C23H24N2O3. The largest absolute Gasteiger partial charge is 0.489 e. The monoisotopic (exact) mass is 376 g/mol. The quantitative estimate of drug-likeness (QED) is 0.637. The highest BCUT2D eigenvalue weighted by molar-refractivity contribution is 5.79. The maximum absolute atomic E-state index is 12.8. The van der Waals surface area contributed by atoms with E-state index in [0.29, 0.717) is 13.0 Å². The van der Waals surface area contributed by atoms with Crippen molar-refractivity contribution in [3.8, 4) is 5.75 Å². The topological polar surface area (TPSA) is 55.6 Å². The van der Waals surface area contributed by atoms with Crippen LogP contribution < -0.4 is 4.74 Å². The summed E-state index contributed by atoms with van der Waals surface area (Å²) >= 11 is 0. The molecule has 0 saturated carbocycles. The van der Waals surface area contributed by atoms with Gasteiger partial charge in [-0.1, -0.05) is 47.6 Å². The minimum absolute atomic E-state index is 0.0352. The van der Waals surface area contributed by atoms with Crippen molar-refractivity contribution in [3.63, 3.8) is 0 Å². The van der Waals surface area contributed by atoms with E-state index in [9.17, 15) is 4.79 Å². The number of ether oxygens (including phenoxy) is 1. The molecule has 1 fully saturated rings. The minimum atomic E-state index is 0.0352. The second kappa shape index (κ2) is 8.30. The summed E-state index contributed by atoms with van der Waals surface area (Å²) in [6, 6.07) is 17.9. The number of likely N-dealkylation sites (tertiary alicyclic amines) is 1. The van der Waals surface area contributed by atoms with Gasteiger partial charge in [0.25, 0.3) is 0 Å². The predicted octanol–water partition coefficient (Wildman–Crippen LogP) is 4.47. The van der Waals surface area contributed by atoms with Crippen molar-refractivity contribution in [3.05, 3.63) is 83.2 Å². The fourth-order valence-corrected chi connectivity index (χ4v) is 3.68. The molecule has 28 heavy (non-hydrogen) atoms. The van der Waals surface area contributed by atoms with Gasteiger partial charge in [-0.05, 0) is 42.5 Å². The molecular weight excluding hydrogens is 352 g/mol. The number of hydrogen-bond donors (Lipinski definition) is 0. The predicted molar refractivity (Wildman–Crippen MR) is 106 cm³/mol.